The van der Waals surface area contributed by atoms with E-state index >= 15 is 0 Å². The number of hydrogen-bond donors (Lipinski definition) is 4. The van der Waals surface area contributed by atoms with Crippen LogP contribution in [0.4, 0.5) is 0 Å². The molecule has 2 fully saturated rings. The van der Waals surface area contributed by atoms with E-state index < -0.39 is 0 Å². The summed E-state index contributed by atoms with van der Waals surface area (Å²) in [5, 5.41) is 0. The highest BCUT2D eigenvalue weighted by Crippen LogP contribution is 2.39. The van der Waals surface area contributed by atoms with Crippen LogP contribution in [0, 0.1) is 0 Å². The van der Waals surface area contributed by atoms with Crippen molar-refractivity contribution in [3.05, 3.63) is 0 Å². The van der Waals surface area contributed by atoms with Crippen molar-refractivity contribution in [2.45, 2.75) is 100 Å². The van der Waals surface area contributed by atoms with E-state index in [1.807, 2.05) is 0 Å². The second kappa shape index (κ2) is 6.73. The number of nitrogens with two attached hydrogens (primary N) is 4. The second-order valence-corrected chi connectivity index (χ2v) is 7.40. The van der Waals surface area contributed by atoms with Gasteiger partial charge in [-0.25, -0.2) is 0 Å². The quantitative estimate of drug-likeness (QED) is 0.588. The molecule has 2 saturated carbocycles. The molecule has 0 aromatic heterocycles. The first-order valence-electron chi connectivity index (χ1n) is 8.54. The Bertz CT molecular complexity index is 297. The molecule has 118 valence electrons. The molecule has 2 unspecified atom stereocenters. The number of hydrogen-bond acceptors (Lipinski definition) is 4. The lowest BCUT2D eigenvalue weighted by Gasteiger charge is -2.49. The zero-order valence-corrected chi connectivity index (χ0v) is 12.9. The maximum absolute atomic E-state index is 6.84. The van der Waals surface area contributed by atoms with Crippen LogP contribution in [-0.4, -0.2) is 23.2 Å². The third kappa shape index (κ3) is 3.73. The Hall–Kier alpha value is -0.160. The lowest BCUT2D eigenvalue weighted by atomic mass is 9.65. The maximum Gasteiger partial charge on any atom is 0.0337 e. The van der Waals surface area contributed by atoms with Crippen LogP contribution in [0.3, 0.4) is 0 Å². The van der Waals surface area contributed by atoms with Crippen molar-refractivity contribution in [3.8, 4) is 0 Å². The molecule has 0 aromatic carbocycles. The normalized spacial score (nSPS) is 45.0. The van der Waals surface area contributed by atoms with Crippen molar-refractivity contribution in [3.63, 3.8) is 0 Å². The summed E-state index contributed by atoms with van der Waals surface area (Å²) in [6, 6.07) is 0.669. The SMILES string of the molecule is NC1CCCC(N)(C2(N)CCCCC(N)CC2)CCC1. The van der Waals surface area contributed by atoms with Crippen LogP contribution in [0.25, 0.3) is 0 Å². The summed E-state index contributed by atoms with van der Waals surface area (Å²) in [6.07, 6.45) is 13.0. The van der Waals surface area contributed by atoms with Gasteiger partial charge in [0.15, 0.2) is 0 Å². The summed E-state index contributed by atoms with van der Waals surface area (Å²) in [5.41, 5.74) is 25.5. The van der Waals surface area contributed by atoms with Crippen LogP contribution in [0.2, 0.25) is 0 Å². The molecule has 0 aromatic rings. The second-order valence-electron chi connectivity index (χ2n) is 7.40. The molecule has 2 aliphatic rings. The molecule has 2 rings (SSSR count). The van der Waals surface area contributed by atoms with Gasteiger partial charge in [-0.1, -0.05) is 25.7 Å². The molecule has 0 saturated heterocycles. The van der Waals surface area contributed by atoms with Crippen LogP contribution >= 0.6 is 0 Å². The molecule has 4 heteroatoms. The minimum Gasteiger partial charge on any atom is -0.328 e. The molecule has 0 heterocycles. The van der Waals surface area contributed by atoms with Gasteiger partial charge in [0.2, 0.25) is 0 Å². The molecular formula is C16H34N4. The van der Waals surface area contributed by atoms with Crippen molar-refractivity contribution in [2.75, 3.05) is 0 Å². The molecule has 0 bridgehead atoms. The monoisotopic (exact) mass is 282 g/mol. The predicted molar refractivity (Wildman–Crippen MR) is 85.2 cm³/mol. The van der Waals surface area contributed by atoms with Gasteiger partial charge >= 0.3 is 0 Å². The number of rotatable bonds is 1. The van der Waals surface area contributed by atoms with E-state index in [4.69, 9.17) is 22.9 Å². The molecule has 0 amide bonds. The van der Waals surface area contributed by atoms with Crippen molar-refractivity contribution in [2.24, 2.45) is 22.9 Å². The lowest BCUT2D eigenvalue weighted by Crippen LogP contribution is -2.66. The van der Waals surface area contributed by atoms with E-state index in [0.29, 0.717) is 12.1 Å². The smallest absolute Gasteiger partial charge is 0.0337 e. The summed E-state index contributed by atoms with van der Waals surface area (Å²) in [6.45, 7) is 0. The minimum absolute atomic E-state index is 0.218. The Kier molecular flexibility index (Phi) is 5.46. The highest BCUT2D eigenvalue weighted by Gasteiger charge is 2.45. The summed E-state index contributed by atoms with van der Waals surface area (Å²) in [4.78, 5) is 0. The highest BCUT2D eigenvalue weighted by molar-refractivity contribution is 5.08. The van der Waals surface area contributed by atoms with Crippen molar-refractivity contribution in [1.82, 2.24) is 0 Å². The Morgan fingerprint density at radius 1 is 0.550 bits per heavy atom. The largest absolute Gasteiger partial charge is 0.328 e. The first-order valence-corrected chi connectivity index (χ1v) is 8.54. The molecule has 4 nitrogen and oxygen atoms in total. The standard InChI is InChI=1S/C16H34N4/c17-13-6-3-10-15(19,11-4-7-13)16(20)9-2-1-5-14(18)8-12-16/h13-14H,1-12,17-20H2. The zero-order chi connectivity index (χ0) is 14.6. The average Bonchev–Trinajstić information content (AvgIpc) is 2.37. The van der Waals surface area contributed by atoms with Gasteiger partial charge in [0.05, 0.1) is 0 Å². The van der Waals surface area contributed by atoms with Crippen molar-refractivity contribution >= 4 is 0 Å². The third-order valence-electron chi connectivity index (χ3n) is 5.80. The molecular weight excluding hydrogens is 248 g/mol. The van der Waals surface area contributed by atoms with Gasteiger partial charge < -0.3 is 22.9 Å². The van der Waals surface area contributed by atoms with Crippen LogP contribution < -0.4 is 22.9 Å². The van der Waals surface area contributed by atoms with E-state index in [0.717, 1.165) is 64.2 Å². The lowest BCUT2D eigenvalue weighted by molar-refractivity contribution is 0.133. The first kappa shape index (κ1) is 16.2. The average molecular weight is 282 g/mol. The maximum atomic E-state index is 6.84. The first-order chi connectivity index (χ1) is 9.45. The van der Waals surface area contributed by atoms with E-state index in [1.165, 1.54) is 12.8 Å². The third-order valence-corrected chi connectivity index (χ3v) is 5.80. The summed E-state index contributed by atoms with van der Waals surface area (Å²) in [5.74, 6) is 0. The van der Waals surface area contributed by atoms with Gasteiger partial charge in [-0.15, -0.1) is 0 Å². The molecule has 20 heavy (non-hydrogen) atoms. The van der Waals surface area contributed by atoms with Crippen LogP contribution in [0.1, 0.15) is 77.0 Å². The fourth-order valence-electron chi connectivity index (χ4n) is 4.18. The summed E-state index contributed by atoms with van der Waals surface area (Å²) >= 11 is 0. The van der Waals surface area contributed by atoms with Gasteiger partial charge in [0, 0.05) is 23.2 Å². The van der Waals surface area contributed by atoms with Gasteiger partial charge in [-0.2, -0.15) is 0 Å². The zero-order valence-electron chi connectivity index (χ0n) is 12.9. The van der Waals surface area contributed by atoms with Crippen LogP contribution in [-0.2, 0) is 0 Å². The summed E-state index contributed by atoms with van der Waals surface area (Å²) < 4.78 is 0. The fraction of sp³-hybridized carbons (Fsp3) is 1.00. The molecule has 0 radical (unpaired) electrons. The highest BCUT2D eigenvalue weighted by atomic mass is 14.9. The van der Waals surface area contributed by atoms with Gasteiger partial charge in [0.25, 0.3) is 0 Å². The Morgan fingerprint density at radius 2 is 1.00 bits per heavy atom. The van der Waals surface area contributed by atoms with Crippen LogP contribution in [0.5, 0.6) is 0 Å². The molecule has 2 atom stereocenters. The van der Waals surface area contributed by atoms with Crippen LogP contribution in [0.15, 0.2) is 0 Å². The Balaban J connectivity index is 2.07. The predicted octanol–water partition coefficient (Wildman–Crippen LogP) is 1.74. The van der Waals surface area contributed by atoms with Gasteiger partial charge in [-0.05, 0) is 51.4 Å². The van der Waals surface area contributed by atoms with E-state index in [-0.39, 0.29) is 11.1 Å². The van der Waals surface area contributed by atoms with E-state index in [2.05, 4.69) is 0 Å². The molecule has 0 aliphatic heterocycles. The molecule has 8 N–H and O–H groups in total. The van der Waals surface area contributed by atoms with Gasteiger partial charge in [-0.3, -0.25) is 0 Å². The summed E-state index contributed by atoms with van der Waals surface area (Å²) in [7, 11) is 0. The van der Waals surface area contributed by atoms with Crippen molar-refractivity contribution in [1.29, 1.82) is 0 Å². The van der Waals surface area contributed by atoms with Gasteiger partial charge in [0.1, 0.15) is 0 Å². The Morgan fingerprint density at radius 3 is 1.65 bits per heavy atom. The topological polar surface area (TPSA) is 104 Å². The van der Waals surface area contributed by atoms with E-state index in [1.54, 1.807) is 0 Å². The van der Waals surface area contributed by atoms with Crippen molar-refractivity contribution < 1.29 is 0 Å². The molecule has 0 spiro atoms. The van der Waals surface area contributed by atoms with E-state index in [9.17, 15) is 0 Å². The fourth-order valence-corrected chi connectivity index (χ4v) is 4.18. The molecule has 2 aliphatic carbocycles. The Labute approximate surface area is 124 Å². The minimum atomic E-state index is -0.230.